The second-order valence-electron chi connectivity index (χ2n) is 7.02. The van der Waals surface area contributed by atoms with Crippen molar-refractivity contribution >= 4 is 22.8 Å². The van der Waals surface area contributed by atoms with Crippen LogP contribution in [0.3, 0.4) is 0 Å². The van der Waals surface area contributed by atoms with E-state index in [1.54, 1.807) is 0 Å². The van der Waals surface area contributed by atoms with Gasteiger partial charge in [-0.25, -0.2) is 0 Å². The van der Waals surface area contributed by atoms with Gasteiger partial charge in [0.1, 0.15) is 5.69 Å². The summed E-state index contributed by atoms with van der Waals surface area (Å²) in [5.41, 5.74) is 11.5. The average molecular weight is 403 g/mol. The highest BCUT2D eigenvalue weighted by molar-refractivity contribution is 5.90. The Morgan fingerprint density at radius 2 is 1.66 bits per heavy atom. The van der Waals surface area contributed by atoms with Crippen molar-refractivity contribution in [1.29, 1.82) is 0 Å². The molecule has 1 aliphatic rings. The van der Waals surface area contributed by atoms with Crippen LogP contribution in [0.2, 0.25) is 0 Å². The van der Waals surface area contributed by atoms with Crippen molar-refractivity contribution in [2.75, 3.05) is 5.43 Å². The van der Waals surface area contributed by atoms with Crippen LogP contribution in [0.5, 0.6) is 0 Å². The lowest BCUT2D eigenvalue weighted by molar-refractivity contribution is -0.393. The molecule has 1 atom stereocenters. The highest BCUT2D eigenvalue weighted by atomic mass is 16.6. The number of hydrogen-bond acceptors (Lipinski definition) is 7. The molecule has 11 nitrogen and oxygen atoms in total. The summed E-state index contributed by atoms with van der Waals surface area (Å²) in [4.78, 5) is 23.7. The largest absolute Gasteiger partial charge is 0.301 e. The normalized spacial score (nSPS) is 20.0. The summed E-state index contributed by atoms with van der Waals surface area (Å²) in [6.07, 6.45) is 9.93. The topological polar surface area (TPSA) is 159 Å². The lowest BCUT2D eigenvalue weighted by Gasteiger charge is -2.16. The second kappa shape index (κ2) is 11.6. The number of azide groups is 1. The zero-order valence-corrected chi connectivity index (χ0v) is 16.2. The first-order valence-corrected chi connectivity index (χ1v) is 9.82. The number of nitro groups is 2. The fraction of sp³-hybridized carbons (Fsp3) is 0.611. The Morgan fingerprint density at radius 3 is 2.28 bits per heavy atom. The van der Waals surface area contributed by atoms with E-state index in [9.17, 15) is 20.2 Å². The molecule has 0 bridgehead atoms. The Morgan fingerprint density at radius 1 is 1.00 bits per heavy atom. The molecule has 1 N–H and O–H groups in total. The molecule has 0 amide bonds. The van der Waals surface area contributed by atoms with Gasteiger partial charge in [-0.05, 0) is 30.9 Å². The van der Waals surface area contributed by atoms with Crippen LogP contribution < -0.4 is 5.43 Å². The van der Waals surface area contributed by atoms with Gasteiger partial charge in [-0.3, -0.25) is 25.7 Å². The van der Waals surface area contributed by atoms with Crippen LogP contribution in [0.25, 0.3) is 10.4 Å². The lowest BCUT2D eigenvalue weighted by Crippen LogP contribution is -2.20. The number of hydrazone groups is 1. The first-order valence-electron chi connectivity index (χ1n) is 9.82. The third kappa shape index (κ3) is 7.04. The van der Waals surface area contributed by atoms with Gasteiger partial charge in [0.2, 0.25) is 0 Å². The molecule has 1 aromatic rings. The van der Waals surface area contributed by atoms with E-state index in [4.69, 9.17) is 5.53 Å². The SMILES string of the molecule is [N-]=[N+]=NC1CCCCCCCCCCC1=NNc1ccc([N+](=O)[O-])cc1[N+](=O)[O-]. The van der Waals surface area contributed by atoms with Gasteiger partial charge in [0, 0.05) is 16.7 Å². The van der Waals surface area contributed by atoms with Crippen molar-refractivity contribution < 1.29 is 9.85 Å². The molecular formula is C18H25N7O4. The maximum Gasteiger partial charge on any atom is 0.301 e. The number of nitro benzene ring substituents is 2. The number of benzene rings is 1. The summed E-state index contributed by atoms with van der Waals surface area (Å²) in [5.74, 6) is 0. The zero-order chi connectivity index (χ0) is 21.1. The zero-order valence-electron chi connectivity index (χ0n) is 16.2. The predicted octanol–water partition coefficient (Wildman–Crippen LogP) is 5.86. The molecule has 0 spiro atoms. The maximum atomic E-state index is 11.3. The summed E-state index contributed by atoms with van der Waals surface area (Å²) >= 11 is 0. The first kappa shape index (κ1) is 22.1. The summed E-state index contributed by atoms with van der Waals surface area (Å²) in [6, 6.07) is 2.93. The maximum absolute atomic E-state index is 11.3. The van der Waals surface area contributed by atoms with Crippen molar-refractivity contribution in [3.8, 4) is 0 Å². The molecule has 0 heterocycles. The minimum atomic E-state index is -0.693. The summed E-state index contributed by atoms with van der Waals surface area (Å²) < 4.78 is 0. The standard InChI is InChI=1S/C18H25N7O4/c19-23-22-16-10-8-6-4-2-1-3-5-7-9-15(16)20-21-17-12-11-14(24(26)27)13-18(17)25(28)29/h11-13,16,21H,1-10H2. The molecule has 1 saturated carbocycles. The van der Waals surface area contributed by atoms with Crippen LogP contribution >= 0.6 is 0 Å². The van der Waals surface area contributed by atoms with Gasteiger partial charge in [-0.2, -0.15) is 5.10 Å². The van der Waals surface area contributed by atoms with E-state index in [2.05, 4.69) is 20.6 Å². The highest BCUT2D eigenvalue weighted by Crippen LogP contribution is 2.29. The van der Waals surface area contributed by atoms with Crippen LogP contribution in [0, 0.1) is 20.2 Å². The van der Waals surface area contributed by atoms with Crippen molar-refractivity contribution in [2.24, 2.45) is 10.2 Å². The van der Waals surface area contributed by atoms with Crippen LogP contribution in [0.4, 0.5) is 17.1 Å². The van der Waals surface area contributed by atoms with Gasteiger partial charge in [0.05, 0.1) is 22.0 Å². The fourth-order valence-corrected chi connectivity index (χ4v) is 3.37. The molecule has 0 aliphatic heterocycles. The molecule has 11 heteroatoms. The number of rotatable bonds is 5. The van der Waals surface area contributed by atoms with E-state index in [0.29, 0.717) is 18.6 Å². The molecule has 0 radical (unpaired) electrons. The molecule has 1 unspecified atom stereocenters. The third-order valence-corrected chi connectivity index (χ3v) is 4.94. The number of hydrogen-bond donors (Lipinski definition) is 1. The molecule has 1 fully saturated rings. The van der Waals surface area contributed by atoms with Gasteiger partial charge in [0.25, 0.3) is 5.69 Å². The van der Waals surface area contributed by atoms with Crippen molar-refractivity contribution in [1.82, 2.24) is 0 Å². The molecule has 0 saturated heterocycles. The summed E-state index contributed by atoms with van der Waals surface area (Å²) in [7, 11) is 0. The van der Waals surface area contributed by atoms with E-state index in [1.807, 2.05) is 0 Å². The predicted molar refractivity (Wildman–Crippen MR) is 110 cm³/mol. The number of non-ortho nitro benzene ring substituents is 1. The van der Waals surface area contributed by atoms with E-state index < -0.39 is 21.6 Å². The van der Waals surface area contributed by atoms with Crippen molar-refractivity contribution in [3.05, 3.63) is 48.9 Å². The van der Waals surface area contributed by atoms with E-state index >= 15 is 0 Å². The molecule has 29 heavy (non-hydrogen) atoms. The smallest absolute Gasteiger partial charge is 0.272 e. The molecule has 1 aliphatic carbocycles. The Hall–Kier alpha value is -3.20. The summed E-state index contributed by atoms with van der Waals surface area (Å²) in [6.45, 7) is 0. The quantitative estimate of drug-likeness (QED) is 0.214. The fourth-order valence-electron chi connectivity index (χ4n) is 3.37. The van der Waals surface area contributed by atoms with Crippen molar-refractivity contribution in [3.63, 3.8) is 0 Å². The molecule has 2 rings (SSSR count). The van der Waals surface area contributed by atoms with E-state index in [-0.39, 0.29) is 11.4 Å². The third-order valence-electron chi connectivity index (χ3n) is 4.94. The van der Waals surface area contributed by atoms with Crippen molar-refractivity contribution in [2.45, 2.75) is 70.3 Å². The Kier molecular flexibility index (Phi) is 8.84. The molecular weight excluding hydrogens is 378 g/mol. The number of nitrogens with zero attached hydrogens (tertiary/aromatic N) is 6. The second-order valence-corrected chi connectivity index (χ2v) is 7.02. The minimum Gasteiger partial charge on any atom is -0.272 e. The van der Waals surface area contributed by atoms with Gasteiger partial charge in [-0.1, -0.05) is 50.1 Å². The molecule has 156 valence electrons. The summed E-state index contributed by atoms with van der Waals surface area (Å²) in [5, 5.41) is 30.4. The van der Waals surface area contributed by atoms with Crippen LogP contribution in [-0.4, -0.2) is 21.6 Å². The van der Waals surface area contributed by atoms with Gasteiger partial charge in [0.15, 0.2) is 0 Å². The average Bonchev–Trinajstić information content (AvgIpc) is 2.69. The van der Waals surface area contributed by atoms with Gasteiger partial charge < -0.3 is 0 Å². The first-order chi connectivity index (χ1) is 14.0. The minimum absolute atomic E-state index is 0.0545. The van der Waals surface area contributed by atoms with Gasteiger partial charge >= 0.3 is 5.69 Å². The van der Waals surface area contributed by atoms with Crippen LogP contribution in [0.15, 0.2) is 28.4 Å². The molecule has 0 aromatic heterocycles. The monoisotopic (exact) mass is 403 g/mol. The Bertz CT molecular complexity index is 805. The van der Waals surface area contributed by atoms with Crippen LogP contribution in [0.1, 0.15) is 64.2 Å². The van der Waals surface area contributed by atoms with Crippen LogP contribution in [-0.2, 0) is 0 Å². The molecule has 1 aromatic carbocycles. The highest BCUT2D eigenvalue weighted by Gasteiger charge is 2.20. The number of anilines is 1. The lowest BCUT2D eigenvalue weighted by atomic mass is 9.97. The number of nitrogens with one attached hydrogen (secondary N) is 1. The van der Waals surface area contributed by atoms with E-state index in [0.717, 1.165) is 44.6 Å². The van der Waals surface area contributed by atoms with Gasteiger partial charge in [-0.15, -0.1) is 0 Å². The van der Waals surface area contributed by atoms with E-state index in [1.165, 1.54) is 25.0 Å². The Labute approximate surface area is 168 Å². The Balaban J connectivity index is 2.27.